The molecule has 0 bridgehead atoms. The van der Waals surface area contributed by atoms with E-state index < -0.39 is 0 Å². The van der Waals surface area contributed by atoms with Gasteiger partial charge in [0.2, 0.25) is 0 Å². The molecule has 1 atom stereocenters. The van der Waals surface area contributed by atoms with Gasteiger partial charge in [-0.2, -0.15) is 0 Å². The first-order valence-corrected chi connectivity index (χ1v) is 9.69. The second kappa shape index (κ2) is 6.44. The summed E-state index contributed by atoms with van der Waals surface area (Å²) >= 11 is 0. The second-order valence-corrected chi connectivity index (χ2v) is 7.52. The van der Waals surface area contributed by atoms with Gasteiger partial charge in [0.05, 0.1) is 18.7 Å². The largest absolute Gasteiger partial charge is 0.497 e. The molecule has 0 radical (unpaired) electrons. The number of benzene rings is 2. The Hall–Kier alpha value is -3.21. The van der Waals surface area contributed by atoms with Crippen molar-refractivity contribution >= 4 is 27.7 Å². The molecule has 4 aromatic rings. The number of hydrogen-bond acceptors (Lipinski definition) is 2. The summed E-state index contributed by atoms with van der Waals surface area (Å²) in [6.45, 7) is 0. The third-order valence-electron chi connectivity index (χ3n) is 5.86. The van der Waals surface area contributed by atoms with Crippen molar-refractivity contribution < 1.29 is 9.53 Å². The number of rotatable bonds is 3. The number of carbonyl (C=O) groups excluding carboxylic acids is 1. The van der Waals surface area contributed by atoms with Crippen LogP contribution in [0.5, 0.6) is 5.75 Å². The first kappa shape index (κ1) is 16.9. The van der Waals surface area contributed by atoms with Crippen LogP contribution in [0.3, 0.4) is 0 Å². The van der Waals surface area contributed by atoms with E-state index in [-0.39, 0.29) is 11.9 Å². The number of amides is 1. The van der Waals surface area contributed by atoms with Crippen molar-refractivity contribution in [2.45, 2.75) is 25.3 Å². The van der Waals surface area contributed by atoms with Crippen LogP contribution in [0.2, 0.25) is 0 Å². The van der Waals surface area contributed by atoms with Crippen molar-refractivity contribution in [2.24, 2.45) is 7.05 Å². The summed E-state index contributed by atoms with van der Waals surface area (Å²) < 4.78 is 7.34. The average Bonchev–Trinajstić information content (AvgIpc) is 3.26. The Kier molecular flexibility index (Phi) is 3.90. The highest BCUT2D eigenvalue weighted by Gasteiger charge is 2.26. The number of aromatic amines is 1. The number of nitrogens with one attached hydrogen (secondary N) is 2. The topological polar surface area (TPSA) is 59.0 Å². The van der Waals surface area contributed by atoms with Gasteiger partial charge < -0.3 is 19.6 Å². The predicted molar refractivity (Wildman–Crippen MR) is 111 cm³/mol. The minimum Gasteiger partial charge on any atom is -0.497 e. The molecule has 2 heterocycles. The summed E-state index contributed by atoms with van der Waals surface area (Å²) in [6.07, 6.45) is 4.97. The van der Waals surface area contributed by atoms with Crippen molar-refractivity contribution in [3.8, 4) is 5.75 Å². The Balaban J connectivity index is 1.51. The van der Waals surface area contributed by atoms with Gasteiger partial charge in [0.25, 0.3) is 5.91 Å². The summed E-state index contributed by atoms with van der Waals surface area (Å²) in [5.41, 5.74) is 5.33. The zero-order chi connectivity index (χ0) is 19.3. The maximum atomic E-state index is 13.2. The smallest absolute Gasteiger partial charge is 0.253 e. The van der Waals surface area contributed by atoms with Gasteiger partial charge in [-0.3, -0.25) is 4.79 Å². The lowest BCUT2D eigenvalue weighted by molar-refractivity contribution is 0.0933. The molecule has 0 spiro atoms. The number of aromatic nitrogens is 2. The Morgan fingerprint density at radius 3 is 2.93 bits per heavy atom. The standard InChI is InChI=1S/C23H23N3O2/c1-26-13-18(17-12-14(28-2)10-11-21(17)26)23(27)25-20-9-5-7-16-15-6-3-4-8-19(15)24-22(16)20/h3-4,6,8,10-13,20,24H,5,7,9H2,1-2H3,(H,25,27)/t20-/m0/s1. The number of aryl methyl sites for hydroxylation is 2. The molecule has 5 heteroatoms. The van der Waals surface area contributed by atoms with Gasteiger partial charge >= 0.3 is 0 Å². The highest BCUT2D eigenvalue weighted by molar-refractivity contribution is 6.07. The van der Waals surface area contributed by atoms with Crippen molar-refractivity contribution in [3.63, 3.8) is 0 Å². The van der Waals surface area contributed by atoms with E-state index in [2.05, 4.69) is 28.5 Å². The molecule has 0 aliphatic heterocycles. The third-order valence-corrected chi connectivity index (χ3v) is 5.86. The fourth-order valence-corrected chi connectivity index (χ4v) is 4.47. The van der Waals surface area contributed by atoms with Crippen molar-refractivity contribution in [1.29, 1.82) is 0 Å². The molecule has 0 unspecified atom stereocenters. The van der Waals surface area contributed by atoms with Gasteiger partial charge in [-0.15, -0.1) is 0 Å². The highest BCUT2D eigenvalue weighted by Crippen LogP contribution is 2.35. The number of fused-ring (bicyclic) bond motifs is 4. The molecule has 5 rings (SSSR count). The van der Waals surface area contributed by atoms with Gasteiger partial charge in [-0.1, -0.05) is 18.2 Å². The number of nitrogens with zero attached hydrogens (tertiary/aromatic N) is 1. The van der Waals surface area contributed by atoms with Crippen molar-refractivity contribution in [2.75, 3.05) is 7.11 Å². The molecule has 2 aromatic carbocycles. The molecule has 142 valence electrons. The van der Waals surface area contributed by atoms with Crippen LogP contribution in [0.25, 0.3) is 21.8 Å². The molecule has 2 N–H and O–H groups in total. The lowest BCUT2D eigenvalue weighted by Gasteiger charge is -2.23. The van der Waals surface area contributed by atoms with Gasteiger partial charge in [-0.05, 0) is 49.1 Å². The monoisotopic (exact) mass is 373 g/mol. The SMILES string of the molecule is COc1ccc2c(c1)c(C(=O)N[C@H]1CCCc3c1[nH]c1ccccc31)cn2C. The molecule has 5 nitrogen and oxygen atoms in total. The van der Waals surface area contributed by atoms with E-state index in [0.717, 1.165) is 47.1 Å². The summed E-state index contributed by atoms with van der Waals surface area (Å²) in [7, 11) is 3.60. The van der Waals surface area contributed by atoms with Gasteiger partial charge in [-0.25, -0.2) is 0 Å². The summed E-state index contributed by atoms with van der Waals surface area (Å²) in [6, 6.07) is 14.2. The Labute approximate surface area is 163 Å². The van der Waals surface area contributed by atoms with E-state index in [1.807, 2.05) is 42.1 Å². The van der Waals surface area contributed by atoms with E-state index in [0.29, 0.717) is 5.56 Å². The van der Waals surface area contributed by atoms with Crippen LogP contribution in [-0.2, 0) is 13.5 Å². The van der Waals surface area contributed by atoms with E-state index in [1.54, 1.807) is 7.11 Å². The number of methoxy groups -OCH3 is 1. The number of ether oxygens (including phenoxy) is 1. The van der Waals surface area contributed by atoms with Crippen LogP contribution in [0.15, 0.2) is 48.7 Å². The third kappa shape index (κ3) is 2.58. The zero-order valence-corrected chi connectivity index (χ0v) is 16.1. The van der Waals surface area contributed by atoms with Gasteiger partial charge in [0.1, 0.15) is 5.75 Å². The lowest BCUT2D eigenvalue weighted by Crippen LogP contribution is -2.31. The van der Waals surface area contributed by atoms with Crippen LogP contribution in [-0.4, -0.2) is 22.6 Å². The molecular formula is C23H23N3O2. The van der Waals surface area contributed by atoms with Gasteiger partial charge in [0, 0.05) is 40.7 Å². The molecule has 1 aliphatic carbocycles. The van der Waals surface area contributed by atoms with E-state index in [4.69, 9.17) is 4.74 Å². The normalized spacial score (nSPS) is 16.3. The molecule has 0 saturated carbocycles. The molecule has 1 aliphatic rings. The first-order valence-electron chi connectivity index (χ1n) is 9.69. The van der Waals surface area contributed by atoms with Gasteiger partial charge in [0.15, 0.2) is 0 Å². The maximum Gasteiger partial charge on any atom is 0.253 e. The van der Waals surface area contributed by atoms with Crippen molar-refractivity contribution in [3.05, 3.63) is 65.5 Å². The Morgan fingerprint density at radius 1 is 1.21 bits per heavy atom. The molecular weight excluding hydrogens is 350 g/mol. The number of H-pyrrole nitrogens is 1. The Morgan fingerprint density at radius 2 is 2.07 bits per heavy atom. The first-order chi connectivity index (χ1) is 13.7. The lowest BCUT2D eigenvalue weighted by atomic mass is 9.91. The maximum absolute atomic E-state index is 13.2. The minimum atomic E-state index is -0.0460. The van der Waals surface area contributed by atoms with E-state index >= 15 is 0 Å². The average molecular weight is 373 g/mol. The predicted octanol–water partition coefficient (Wildman–Crippen LogP) is 4.48. The summed E-state index contributed by atoms with van der Waals surface area (Å²) in [4.78, 5) is 16.7. The molecule has 2 aromatic heterocycles. The van der Waals surface area contributed by atoms with E-state index in [1.165, 1.54) is 10.9 Å². The number of para-hydroxylation sites is 1. The van der Waals surface area contributed by atoms with Crippen LogP contribution >= 0.6 is 0 Å². The van der Waals surface area contributed by atoms with E-state index in [9.17, 15) is 4.79 Å². The molecule has 28 heavy (non-hydrogen) atoms. The van der Waals surface area contributed by atoms with Crippen LogP contribution < -0.4 is 10.1 Å². The van der Waals surface area contributed by atoms with Crippen molar-refractivity contribution in [1.82, 2.24) is 14.9 Å². The number of hydrogen-bond donors (Lipinski definition) is 2. The quantitative estimate of drug-likeness (QED) is 0.556. The summed E-state index contributed by atoms with van der Waals surface area (Å²) in [5.74, 6) is 0.707. The highest BCUT2D eigenvalue weighted by atomic mass is 16.5. The fraction of sp³-hybridized carbons (Fsp3) is 0.261. The summed E-state index contributed by atoms with van der Waals surface area (Å²) in [5, 5.41) is 5.45. The Bertz CT molecular complexity index is 1200. The molecule has 1 amide bonds. The zero-order valence-electron chi connectivity index (χ0n) is 16.1. The molecule has 0 fully saturated rings. The molecule has 0 saturated heterocycles. The second-order valence-electron chi connectivity index (χ2n) is 7.52. The van der Waals surface area contributed by atoms with Crippen LogP contribution in [0.1, 0.15) is 40.5 Å². The van der Waals surface area contributed by atoms with Crippen LogP contribution in [0.4, 0.5) is 0 Å². The minimum absolute atomic E-state index is 0.00418. The fourth-order valence-electron chi connectivity index (χ4n) is 4.47. The number of carbonyl (C=O) groups is 1. The van der Waals surface area contributed by atoms with Crippen LogP contribution in [0, 0.1) is 0 Å².